The Labute approximate surface area is 163 Å². The second-order valence-electron chi connectivity index (χ2n) is 6.17. The van der Waals surface area contributed by atoms with Crippen LogP contribution in [-0.2, 0) is 14.3 Å². The third-order valence-corrected chi connectivity index (χ3v) is 4.25. The molecule has 0 aliphatic rings. The summed E-state index contributed by atoms with van der Waals surface area (Å²) in [4.78, 5) is 24.4. The molecule has 0 heterocycles. The molecule has 28 heavy (non-hydrogen) atoms. The summed E-state index contributed by atoms with van der Waals surface area (Å²) < 4.78 is 10.4. The monoisotopic (exact) mass is 375 g/mol. The molecule has 5 nitrogen and oxygen atoms in total. The highest BCUT2D eigenvalue weighted by Gasteiger charge is 2.18. The molecule has 0 fully saturated rings. The summed E-state index contributed by atoms with van der Waals surface area (Å²) >= 11 is 0. The molecule has 3 rings (SSSR count). The molecule has 0 aliphatic heterocycles. The highest BCUT2D eigenvalue weighted by atomic mass is 16.5. The van der Waals surface area contributed by atoms with Crippen LogP contribution in [0.1, 0.15) is 12.5 Å². The SMILES string of the molecule is COc1ccccc1NC(=O)[C@H](C)OC(=O)/C=C/c1cccc2ccccc12. The minimum atomic E-state index is -0.949. The minimum absolute atomic E-state index is 0.434. The van der Waals surface area contributed by atoms with E-state index in [0.29, 0.717) is 11.4 Å². The van der Waals surface area contributed by atoms with Crippen molar-refractivity contribution in [1.29, 1.82) is 0 Å². The first kappa shape index (κ1) is 19.2. The lowest BCUT2D eigenvalue weighted by atomic mass is 10.0. The van der Waals surface area contributed by atoms with E-state index in [4.69, 9.17) is 9.47 Å². The first-order valence-electron chi connectivity index (χ1n) is 8.89. The number of methoxy groups -OCH3 is 1. The summed E-state index contributed by atoms with van der Waals surface area (Å²) in [7, 11) is 1.52. The van der Waals surface area contributed by atoms with E-state index in [2.05, 4.69) is 5.32 Å². The van der Waals surface area contributed by atoms with Gasteiger partial charge in [0.1, 0.15) is 5.75 Å². The fourth-order valence-electron chi connectivity index (χ4n) is 2.80. The number of esters is 1. The maximum absolute atomic E-state index is 12.3. The van der Waals surface area contributed by atoms with Crippen LogP contribution in [0.15, 0.2) is 72.8 Å². The van der Waals surface area contributed by atoms with Gasteiger partial charge in [0.2, 0.25) is 0 Å². The predicted octanol–water partition coefficient (Wildman–Crippen LogP) is 4.43. The fourth-order valence-corrected chi connectivity index (χ4v) is 2.80. The number of benzene rings is 3. The maximum Gasteiger partial charge on any atom is 0.331 e. The van der Waals surface area contributed by atoms with E-state index in [1.165, 1.54) is 20.1 Å². The van der Waals surface area contributed by atoms with Crippen LogP contribution in [0, 0.1) is 0 Å². The number of nitrogens with one attached hydrogen (secondary N) is 1. The molecule has 0 radical (unpaired) electrons. The molecular weight excluding hydrogens is 354 g/mol. The van der Waals surface area contributed by atoms with Gasteiger partial charge < -0.3 is 14.8 Å². The molecular formula is C23H21NO4. The Morgan fingerprint density at radius 2 is 1.68 bits per heavy atom. The third-order valence-electron chi connectivity index (χ3n) is 4.25. The van der Waals surface area contributed by atoms with E-state index in [9.17, 15) is 9.59 Å². The lowest BCUT2D eigenvalue weighted by Crippen LogP contribution is -2.29. The molecule has 5 heteroatoms. The van der Waals surface area contributed by atoms with Crippen LogP contribution >= 0.6 is 0 Å². The average molecular weight is 375 g/mol. The van der Waals surface area contributed by atoms with E-state index >= 15 is 0 Å². The Morgan fingerprint density at radius 1 is 0.964 bits per heavy atom. The fraction of sp³-hybridized carbons (Fsp3) is 0.130. The van der Waals surface area contributed by atoms with E-state index < -0.39 is 18.0 Å². The van der Waals surface area contributed by atoms with Crippen LogP contribution in [0.4, 0.5) is 5.69 Å². The van der Waals surface area contributed by atoms with Gasteiger partial charge in [-0.1, -0.05) is 54.6 Å². The zero-order chi connectivity index (χ0) is 19.9. The number of carbonyl (C=O) groups excluding carboxylic acids is 2. The van der Waals surface area contributed by atoms with Gasteiger partial charge in [0, 0.05) is 6.08 Å². The van der Waals surface area contributed by atoms with Gasteiger partial charge in [-0.25, -0.2) is 4.79 Å². The predicted molar refractivity (Wildman–Crippen MR) is 110 cm³/mol. The number of carbonyl (C=O) groups is 2. The van der Waals surface area contributed by atoms with Crippen molar-refractivity contribution in [2.24, 2.45) is 0 Å². The maximum atomic E-state index is 12.3. The standard InChI is InChI=1S/C23H21NO4/c1-16(23(26)24-20-12-5-6-13-21(20)27-2)28-22(25)15-14-18-10-7-9-17-8-3-4-11-19(17)18/h3-16H,1-2H3,(H,24,26)/b15-14+/t16-/m0/s1. The van der Waals surface area contributed by atoms with Gasteiger partial charge in [-0.05, 0) is 41.5 Å². The van der Waals surface area contributed by atoms with Gasteiger partial charge in [-0.3, -0.25) is 4.79 Å². The van der Waals surface area contributed by atoms with Crippen molar-refractivity contribution in [2.45, 2.75) is 13.0 Å². The summed E-state index contributed by atoms with van der Waals surface area (Å²) in [5, 5.41) is 4.82. The Kier molecular flexibility index (Phi) is 6.07. The average Bonchev–Trinajstić information content (AvgIpc) is 2.72. The number of fused-ring (bicyclic) bond motifs is 1. The van der Waals surface area contributed by atoms with Gasteiger partial charge >= 0.3 is 5.97 Å². The molecule has 0 unspecified atom stereocenters. The van der Waals surface area contributed by atoms with Crippen LogP contribution in [-0.4, -0.2) is 25.1 Å². The quantitative estimate of drug-likeness (QED) is 0.511. The summed E-state index contributed by atoms with van der Waals surface area (Å²) in [5.74, 6) is -0.489. The van der Waals surface area contributed by atoms with E-state index in [-0.39, 0.29) is 0 Å². The van der Waals surface area contributed by atoms with Crippen LogP contribution in [0.5, 0.6) is 5.75 Å². The molecule has 1 atom stereocenters. The van der Waals surface area contributed by atoms with Gasteiger partial charge in [-0.2, -0.15) is 0 Å². The Hall–Kier alpha value is -3.60. The van der Waals surface area contributed by atoms with Crippen LogP contribution < -0.4 is 10.1 Å². The second-order valence-corrected chi connectivity index (χ2v) is 6.17. The number of anilines is 1. The zero-order valence-corrected chi connectivity index (χ0v) is 15.7. The summed E-state index contributed by atoms with van der Waals surface area (Å²) in [5.41, 5.74) is 1.42. The third kappa shape index (κ3) is 4.57. The van der Waals surface area contributed by atoms with E-state index in [1.807, 2.05) is 42.5 Å². The van der Waals surface area contributed by atoms with Gasteiger partial charge in [0.05, 0.1) is 12.8 Å². The van der Waals surface area contributed by atoms with E-state index in [0.717, 1.165) is 16.3 Å². The van der Waals surface area contributed by atoms with Crippen LogP contribution in [0.3, 0.4) is 0 Å². The molecule has 0 bridgehead atoms. The lowest BCUT2D eigenvalue weighted by molar-refractivity contribution is -0.148. The molecule has 3 aromatic rings. The highest BCUT2D eigenvalue weighted by Crippen LogP contribution is 2.23. The molecule has 0 aromatic heterocycles. The van der Waals surface area contributed by atoms with Crippen molar-refractivity contribution >= 4 is 34.4 Å². The van der Waals surface area contributed by atoms with Crippen LogP contribution in [0.2, 0.25) is 0 Å². The summed E-state index contributed by atoms with van der Waals surface area (Å²) in [6.07, 6.45) is 2.07. The van der Waals surface area contributed by atoms with E-state index in [1.54, 1.807) is 30.3 Å². The zero-order valence-electron chi connectivity index (χ0n) is 15.7. The first-order chi connectivity index (χ1) is 13.6. The Morgan fingerprint density at radius 3 is 2.50 bits per heavy atom. The number of hydrogen-bond acceptors (Lipinski definition) is 4. The minimum Gasteiger partial charge on any atom is -0.495 e. The van der Waals surface area contributed by atoms with Crippen molar-refractivity contribution in [2.75, 3.05) is 12.4 Å². The topological polar surface area (TPSA) is 64.6 Å². The molecule has 0 spiro atoms. The van der Waals surface area contributed by atoms with Crippen molar-refractivity contribution in [3.05, 3.63) is 78.4 Å². The highest BCUT2D eigenvalue weighted by molar-refractivity contribution is 5.98. The number of para-hydroxylation sites is 2. The van der Waals surface area contributed by atoms with Crippen molar-refractivity contribution in [3.8, 4) is 5.75 Å². The van der Waals surface area contributed by atoms with Crippen molar-refractivity contribution < 1.29 is 19.1 Å². The number of ether oxygens (including phenoxy) is 2. The first-order valence-corrected chi connectivity index (χ1v) is 8.89. The number of rotatable bonds is 6. The normalized spacial score (nSPS) is 11.9. The van der Waals surface area contributed by atoms with Gasteiger partial charge in [0.25, 0.3) is 5.91 Å². The number of hydrogen-bond donors (Lipinski definition) is 1. The largest absolute Gasteiger partial charge is 0.495 e. The van der Waals surface area contributed by atoms with Gasteiger partial charge in [-0.15, -0.1) is 0 Å². The van der Waals surface area contributed by atoms with Crippen LogP contribution in [0.25, 0.3) is 16.8 Å². The molecule has 0 saturated heterocycles. The second kappa shape index (κ2) is 8.86. The molecule has 1 amide bonds. The molecule has 0 aliphatic carbocycles. The Balaban J connectivity index is 1.63. The molecule has 142 valence electrons. The Bertz CT molecular complexity index is 1020. The van der Waals surface area contributed by atoms with Crippen molar-refractivity contribution in [3.63, 3.8) is 0 Å². The molecule has 1 N–H and O–H groups in total. The van der Waals surface area contributed by atoms with Crippen molar-refractivity contribution in [1.82, 2.24) is 0 Å². The lowest BCUT2D eigenvalue weighted by Gasteiger charge is -2.14. The smallest absolute Gasteiger partial charge is 0.331 e. The summed E-state index contributed by atoms with van der Waals surface area (Å²) in [6, 6.07) is 20.8. The molecule has 0 saturated carbocycles. The summed E-state index contributed by atoms with van der Waals surface area (Å²) in [6.45, 7) is 1.52. The molecule has 3 aromatic carbocycles. The van der Waals surface area contributed by atoms with Gasteiger partial charge in [0.15, 0.2) is 6.10 Å². The number of amides is 1.